The van der Waals surface area contributed by atoms with Crippen molar-refractivity contribution in [3.05, 3.63) is 18.0 Å². The molecule has 1 aliphatic heterocycles. The van der Waals surface area contributed by atoms with Crippen LogP contribution in [-0.4, -0.2) is 12.1 Å². The van der Waals surface area contributed by atoms with Crippen LogP contribution in [0.5, 0.6) is 0 Å². The highest BCUT2D eigenvalue weighted by Crippen LogP contribution is 1.89. The first-order valence-electron chi connectivity index (χ1n) is 2.36. The highest BCUT2D eigenvalue weighted by atomic mass is 14.7. The van der Waals surface area contributed by atoms with Gasteiger partial charge in [-0.2, -0.15) is 0 Å². The molecule has 8 heavy (non-hydrogen) atoms. The molecule has 0 fully saturated rings. The average molecular weight is 106 g/mol. The molecule has 0 bridgehead atoms. The molecule has 0 aromatic heterocycles. The van der Waals surface area contributed by atoms with Gasteiger partial charge in [-0.25, -0.2) is 4.99 Å². The molecule has 2 nitrogen and oxygen atoms in total. The first-order valence-corrected chi connectivity index (χ1v) is 2.36. The first kappa shape index (κ1) is 5.01. The lowest BCUT2D eigenvalue weighted by molar-refractivity contribution is 1.50. The molecule has 0 atom stereocenters. The summed E-state index contributed by atoms with van der Waals surface area (Å²) in [6.07, 6.45) is 4.99. The number of nitrogens with zero attached hydrogens (tertiary/aromatic N) is 2. The van der Waals surface area contributed by atoms with Gasteiger partial charge in [0.1, 0.15) is 0 Å². The van der Waals surface area contributed by atoms with E-state index < -0.39 is 0 Å². The van der Waals surface area contributed by atoms with Crippen molar-refractivity contribution in [1.82, 2.24) is 0 Å². The Morgan fingerprint density at radius 3 is 3.38 bits per heavy atom. The molecule has 2 heteroatoms. The second-order valence-electron chi connectivity index (χ2n) is 1.54. The minimum atomic E-state index is 1.05. The molecule has 40 valence electrons. The van der Waals surface area contributed by atoms with Crippen molar-refractivity contribution in [2.45, 2.75) is 6.92 Å². The predicted molar refractivity (Wildman–Crippen MR) is 34.3 cm³/mol. The van der Waals surface area contributed by atoms with Crippen molar-refractivity contribution in [2.24, 2.45) is 9.98 Å². The molecule has 0 aromatic carbocycles. The molecule has 0 saturated heterocycles. The molecule has 1 aliphatic rings. The van der Waals surface area contributed by atoms with E-state index in [9.17, 15) is 0 Å². The van der Waals surface area contributed by atoms with Crippen LogP contribution in [0.4, 0.5) is 0 Å². The zero-order valence-corrected chi connectivity index (χ0v) is 4.63. The van der Waals surface area contributed by atoms with E-state index in [1.165, 1.54) is 6.20 Å². The highest BCUT2D eigenvalue weighted by molar-refractivity contribution is 5.80. The van der Waals surface area contributed by atoms with Gasteiger partial charge in [-0.15, -0.1) is 0 Å². The lowest BCUT2D eigenvalue weighted by Gasteiger charge is -1.78. The molecule has 0 saturated carbocycles. The van der Waals surface area contributed by atoms with Gasteiger partial charge in [0.25, 0.3) is 0 Å². The number of hydrogen-bond acceptors (Lipinski definition) is 2. The minimum absolute atomic E-state index is 1.05. The summed E-state index contributed by atoms with van der Waals surface area (Å²) in [4.78, 5) is 7.59. The van der Waals surface area contributed by atoms with Crippen LogP contribution in [-0.2, 0) is 0 Å². The molecule has 0 N–H and O–H groups in total. The van der Waals surface area contributed by atoms with Gasteiger partial charge in [-0.1, -0.05) is 0 Å². The van der Waals surface area contributed by atoms with E-state index in [0.717, 1.165) is 5.57 Å². The van der Waals surface area contributed by atoms with Crippen molar-refractivity contribution in [3.63, 3.8) is 0 Å². The van der Waals surface area contributed by atoms with Crippen LogP contribution < -0.4 is 0 Å². The van der Waals surface area contributed by atoms with Gasteiger partial charge in [0, 0.05) is 18.3 Å². The Hall–Kier alpha value is -1.14. The SMILES string of the molecule is CC1=CN=C=CN=C1. The quantitative estimate of drug-likeness (QED) is 0.442. The second kappa shape index (κ2) is 2.24. The number of aliphatic imine (C=N–C) groups is 2. The zero-order chi connectivity index (χ0) is 5.82. The van der Waals surface area contributed by atoms with Crippen molar-refractivity contribution in [3.8, 4) is 0 Å². The number of allylic oxidation sites excluding steroid dienone is 1. The van der Waals surface area contributed by atoms with Crippen molar-refractivity contribution in [1.29, 1.82) is 0 Å². The van der Waals surface area contributed by atoms with Gasteiger partial charge in [0.05, 0.1) is 6.20 Å². The van der Waals surface area contributed by atoms with E-state index >= 15 is 0 Å². The summed E-state index contributed by atoms with van der Waals surface area (Å²) in [5.74, 6) is 2.60. The summed E-state index contributed by atoms with van der Waals surface area (Å²) in [5.41, 5.74) is 1.05. The molecular weight excluding hydrogens is 100 g/mol. The van der Waals surface area contributed by atoms with Gasteiger partial charge in [-0.3, -0.25) is 4.99 Å². The normalized spacial score (nSPS) is 15.9. The van der Waals surface area contributed by atoms with Crippen LogP contribution in [0.25, 0.3) is 0 Å². The molecule has 0 radical (unpaired) electrons. The van der Waals surface area contributed by atoms with Crippen LogP contribution in [0.1, 0.15) is 6.92 Å². The smallest absolute Gasteiger partial charge is 0.0881 e. The van der Waals surface area contributed by atoms with Crippen LogP contribution in [0.3, 0.4) is 0 Å². The van der Waals surface area contributed by atoms with Gasteiger partial charge in [0.2, 0.25) is 0 Å². The lowest BCUT2D eigenvalue weighted by atomic mass is 10.4. The van der Waals surface area contributed by atoms with Gasteiger partial charge >= 0.3 is 0 Å². The number of rotatable bonds is 0. The summed E-state index contributed by atoms with van der Waals surface area (Å²) < 4.78 is 0. The van der Waals surface area contributed by atoms with Gasteiger partial charge < -0.3 is 0 Å². The van der Waals surface area contributed by atoms with Crippen molar-refractivity contribution < 1.29 is 0 Å². The van der Waals surface area contributed by atoms with E-state index in [1.54, 1.807) is 12.4 Å². The summed E-state index contributed by atoms with van der Waals surface area (Å²) >= 11 is 0. The van der Waals surface area contributed by atoms with Crippen LogP contribution in [0, 0.1) is 0 Å². The van der Waals surface area contributed by atoms with E-state index in [0.29, 0.717) is 0 Å². The molecule has 0 amide bonds. The van der Waals surface area contributed by atoms with E-state index in [-0.39, 0.29) is 0 Å². The Bertz CT molecular complexity index is 193. The van der Waals surface area contributed by atoms with E-state index in [4.69, 9.17) is 0 Å². The van der Waals surface area contributed by atoms with Crippen molar-refractivity contribution in [2.75, 3.05) is 0 Å². The Morgan fingerprint density at radius 2 is 2.50 bits per heavy atom. The van der Waals surface area contributed by atoms with Crippen molar-refractivity contribution >= 4 is 12.1 Å². The lowest BCUT2D eigenvalue weighted by Crippen LogP contribution is -1.71. The maximum atomic E-state index is 3.83. The monoisotopic (exact) mass is 106 g/mol. The third kappa shape index (κ3) is 1.17. The first-order chi connectivity index (χ1) is 3.89. The van der Waals surface area contributed by atoms with Crippen LogP contribution >= 0.6 is 0 Å². The number of hydrogen-bond donors (Lipinski definition) is 0. The third-order valence-electron chi connectivity index (χ3n) is 0.753. The molecule has 0 aromatic rings. The largest absolute Gasteiger partial charge is 0.254 e. The Labute approximate surface area is 48.0 Å². The topological polar surface area (TPSA) is 24.7 Å². The van der Waals surface area contributed by atoms with Gasteiger partial charge in [-0.05, 0) is 12.5 Å². The van der Waals surface area contributed by atoms with E-state index in [1.807, 2.05) is 6.92 Å². The summed E-state index contributed by atoms with van der Waals surface area (Å²) in [6, 6.07) is 0. The second-order valence-corrected chi connectivity index (χ2v) is 1.54. The fourth-order valence-electron chi connectivity index (χ4n) is 0.394. The summed E-state index contributed by atoms with van der Waals surface area (Å²) in [7, 11) is 0. The molecule has 0 spiro atoms. The zero-order valence-electron chi connectivity index (χ0n) is 4.63. The maximum absolute atomic E-state index is 3.83. The fourth-order valence-corrected chi connectivity index (χ4v) is 0.394. The van der Waals surface area contributed by atoms with Crippen LogP contribution in [0.15, 0.2) is 28.0 Å². The molecular formula is C6H6N2. The Kier molecular flexibility index (Phi) is 1.40. The Morgan fingerprint density at radius 1 is 1.62 bits per heavy atom. The summed E-state index contributed by atoms with van der Waals surface area (Å²) in [6.45, 7) is 1.94. The minimum Gasteiger partial charge on any atom is -0.254 e. The van der Waals surface area contributed by atoms with Gasteiger partial charge in [0.15, 0.2) is 0 Å². The third-order valence-corrected chi connectivity index (χ3v) is 0.753. The standard InChI is InChI=1S/C6H6N2/c1-6-4-7-2-3-8-5-6/h2,4-5H,1H3. The molecule has 0 aliphatic carbocycles. The summed E-state index contributed by atoms with van der Waals surface area (Å²) in [5, 5.41) is 0. The molecule has 0 unspecified atom stereocenters. The predicted octanol–water partition coefficient (Wildman–Crippen LogP) is 1.16. The molecule has 1 rings (SSSR count). The Balaban J connectivity index is 2.90. The fraction of sp³-hybridized carbons (Fsp3) is 0.167. The van der Waals surface area contributed by atoms with Crippen LogP contribution in [0.2, 0.25) is 0 Å². The van der Waals surface area contributed by atoms with E-state index in [2.05, 4.69) is 15.9 Å². The highest BCUT2D eigenvalue weighted by Gasteiger charge is 1.78. The average Bonchev–Trinajstić information content (AvgIpc) is 1.94. The maximum Gasteiger partial charge on any atom is 0.0881 e. The molecule has 1 heterocycles.